The zero-order valence-corrected chi connectivity index (χ0v) is 13.4. The second-order valence-electron chi connectivity index (χ2n) is 5.09. The SMILES string of the molecule is CC(CS(=O)(=O)N(C)C)Nc1cnn(-c2ncccc2F)c1. The second kappa shape index (κ2) is 6.41. The summed E-state index contributed by atoms with van der Waals surface area (Å²) >= 11 is 0. The van der Waals surface area contributed by atoms with Gasteiger partial charge in [0.15, 0.2) is 11.6 Å². The Labute approximate surface area is 128 Å². The van der Waals surface area contributed by atoms with Crippen LogP contribution in [0.3, 0.4) is 0 Å². The maximum atomic E-state index is 13.6. The molecule has 0 aromatic carbocycles. The van der Waals surface area contributed by atoms with E-state index in [1.165, 1.54) is 47.6 Å². The first kappa shape index (κ1) is 16.4. The Morgan fingerprint density at radius 2 is 2.18 bits per heavy atom. The van der Waals surface area contributed by atoms with Crippen LogP contribution in [-0.4, -0.2) is 53.4 Å². The standard InChI is InChI=1S/C13H18FN5O2S/c1-10(9-22(20,21)18(2)3)17-11-7-16-19(8-11)13-12(14)5-4-6-15-13/h4-8,10,17H,9H2,1-3H3. The average Bonchev–Trinajstić information content (AvgIpc) is 2.86. The van der Waals surface area contributed by atoms with Crippen molar-refractivity contribution in [3.8, 4) is 5.82 Å². The van der Waals surface area contributed by atoms with Crippen LogP contribution in [0, 0.1) is 5.82 Å². The minimum atomic E-state index is -3.30. The van der Waals surface area contributed by atoms with Gasteiger partial charge in [0.1, 0.15) is 0 Å². The third-order valence-corrected chi connectivity index (χ3v) is 5.00. The summed E-state index contributed by atoms with van der Waals surface area (Å²) in [5, 5.41) is 7.05. The molecule has 0 saturated heterocycles. The van der Waals surface area contributed by atoms with Crippen molar-refractivity contribution in [1.82, 2.24) is 19.1 Å². The monoisotopic (exact) mass is 327 g/mol. The molecule has 2 aromatic rings. The van der Waals surface area contributed by atoms with Crippen LogP contribution in [0.15, 0.2) is 30.7 Å². The molecule has 1 unspecified atom stereocenters. The van der Waals surface area contributed by atoms with Crippen LogP contribution < -0.4 is 5.32 Å². The first-order chi connectivity index (χ1) is 10.3. The normalized spacial score (nSPS) is 13.3. The number of anilines is 1. The van der Waals surface area contributed by atoms with E-state index in [4.69, 9.17) is 0 Å². The summed E-state index contributed by atoms with van der Waals surface area (Å²) in [6.45, 7) is 1.75. The number of nitrogens with one attached hydrogen (secondary N) is 1. The molecule has 2 rings (SSSR count). The van der Waals surface area contributed by atoms with Gasteiger partial charge in [-0.25, -0.2) is 26.8 Å². The molecule has 0 bridgehead atoms. The minimum absolute atomic E-state index is 0.0525. The Bertz CT molecular complexity index is 744. The van der Waals surface area contributed by atoms with E-state index in [0.717, 1.165) is 0 Å². The lowest BCUT2D eigenvalue weighted by atomic mass is 10.4. The Morgan fingerprint density at radius 3 is 2.82 bits per heavy atom. The zero-order valence-electron chi connectivity index (χ0n) is 12.6. The van der Waals surface area contributed by atoms with Gasteiger partial charge in [0, 0.05) is 26.3 Å². The minimum Gasteiger partial charge on any atom is -0.379 e. The summed E-state index contributed by atoms with van der Waals surface area (Å²) in [5.41, 5.74) is 0.589. The number of hydrogen-bond acceptors (Lipinski definition) is 5. The van der Waals surface area contributed by atoms with Gasteiger partial charge in [-0.15, -0.1) is 0 Å². The number of aromatic nitrogens is 3. The molecule has 2 heterocycles. The van der Waals surface area contributed by atoms with E-state index >= 15 is 0 Å². The van der Waals surface area contributed by atoms with E-state index in [1.807, 2.05) is 0 Å². The van der Waals surface area contributed by atoms with Crippen LogP contribution in [0.4, 0.5) is 10.1 Å². The van der Waals surface area contributed by atoms with Gasteiger partial charge in [0.05, 0.1) is 23.8 Å². The van der Waals surface area contributed by atoms with Gasteiger partial charge < -0.3 is 5.32 Å². The first-order valence-corrected chi connectivity index (χ1v) is 8.23. The van der Waals surface area contributed by atoms with Crippen molar-refractivity contribution in [2.45, 2.75) is 13.0 Å². The van der Waals surface area contributed by atoms with Crippen molar-refractivity contribution in [2.24, 2.45) is 0 Å². The highest BCUT2D eigenvalue weighted by Crippen LogP contribution is 2.14. The maximum Gasteiger partial charge on any atom is 0.215 e. The topological polar surface area (TPSA) is 80.1 Å². The molecule has 0 radical (unpaired) electrons. The fourth-order valence-corrected chi connectivity index (χ4v) is 2.86. The predicted molar refractivity (Wildman–Crippen MR) is 81.9 cm³/mol. The molecule has 9 heteroatoms. The van der Waals surface area contributed by atoms with Gasteiger partial charge in [0.25, 0.3) is 0 Å². The van der Waals surface area contributed by atoms with Crippen molar-refractivity contribution >= 4 is 15.7 Å². The lowest BCUT2D eigenvalue weighted by Crippen LogP contribution is -2.33. The van der Waals surface area contributed by atoms with Crippen LogP contribution in [0.2, 0.25) is 0 Å². The van der Waals surface area contributed by atoms with Crippen molar-refractivity contribution in [3.63, 3.8) is 0 Å². The quantitative estimate of drug-likeness (QED) is 0.859. The molecule has 1 atom stereocenters. The lowest BCUT2D eigenvalue weighted by molar-refractivity contribution is 0.517. The summed E-state index contributed by atoms with van der Waals surface area (Å²) in [7, 11) is -0.318. The molecule has 0 amide bonds. The highest BCUT2D eigenvalue weighted by Gasteiger charge is 2.18. The number of pyridine rings is 1. The summed E-state index contributed by atoms with van der Waals surface area (Å²) in [6, 6.07) is 2.47. The number of nitrogens with zero attached hydrogens (tertiary/aromatic N) is 4. The molecule has 120 valence electrons. The van der Waals surface area contributed by atoms with Crippen molar-refractivity contribution in [1.29, 1.82) is 0 Å². The summed E-state index contributed by atoms with van der Waals surface area (Å²) in [4.78, 5) is 3.92. The molecular weight excluding hydrogens is 309 g/mol. The highest BCUT2D eigenvalue weighted by molar-refractivity contribution is 7.89. The third kappa shape index (κ3) is 3.80. The van der Waals surface area contributed by atoms with E-state index in [2.05, 4.69) is 15.4 Å². The Kier molecular flexibility index (Phi) is 4.77. The van der Waals surface area contributed by atoms with E-state index in [0.29, 0.717) is 5.69 Å². The van der Waals surface area contributed by atoms with Crippen LogP contribution in [0.5, 0.6) is 0 Å². The molecule has 0 aliphatic rings. The van der Waals surface area contributed by atoms with Crippen LogP contribution >= 0.6 is 0 Å². The van der Waals surface area contributed by atoms with E-state index < -0.39 is 15.8 Å². The number of hydrogen-bond donors (Lipinski definition) is 1. The van der Waals surface area contributed by atoms with Gasteiger partial charge in [-0.3, -0.25) is 0 Å². The number of halogens is 1. The smallest absolute Gasteiger partial charge is 0.215 e. The van der Waals surface area contributed by atoms with Gasteiger partial charge in [-0.1, -0.05) is 0 Å². The zero-order chi connectivity index (χ0) is 16.3. The third-order valence-electron chi connectivity index (χ3n) is 2.97. The van der Waals surface area contributed by atoms with Gasteiger partial charge in [0.2, 0.25) is 10.0 Å². The molecule has 0 aliphatic heterocycles. The van der Waals surface area contributed by atoms with Crippen molar-refractivity contribution < 1.29 is 12.8 Å². The maximum absolute atomic E-state index is 13.6. The summed E-state index contributed by atoms with van der Waals surface area (Å²) in [6.07, 6.45) is 4.52. The van der Waals surface area contributed by atoms with E-state index in [9.17, 15) is 12.8 Å². The first-order valence-electron chi connectivity index (χ1n) is 6.62. The molecule has 0 saturated carbocycles. The Balaban J connectivity index is 2.08. The van der Waals surface area contributed by atoms with Crippen molar-refractivity contribution in [3.05, 3.63) is 36.5 Å². The fourth-order valence-electron chi connectivity index (χ4n) is 1.85. The number of sulfonamides is 1. The molecule has 0 spiro atoms. The van der Waals surface area contributed by atoms with Gasteiger partial charge in [-0.2, -0.15) is 5.10 Å². The molecule has 7 nitrogen and oxygen atoms in total. The van der Waals surface area contributed by atoms with Crippen LogP contribution in [0.1, 0.15) is 6.92 Å². The summed E-state index contributed by atoms with van der Waals surface area (Å²) < 4.78 is 39.7. The lowest BCUT2D eigenvalue weighted by Gasteiger charge is -2.17. The molecule has 2 aromatic heterocycles. The molecule has 0 aliphatic carbocycles. The summed E-state index contributed by atoms with van der Waals surface area (Å²) in [5.74, 6) is -0.451. The average molecular weight is 327 g/mol. The highest BCUT2D eigenvalue weighted by atomic mass is 32.2. The molecular formula is C13H18FN5O2S. The fraction of sp³-hybridized carbons (Fsp3) is 0.385. The van der Waals surface area contributed by atoms with Crippen LogP contribution in [-0.2, 0) is 10.0 Å². The molecule has 0 fully saturated rings. The van der Waals surface area contributed by atoms with Crippen LogP contribution in [0.25, 0.3) is 5.82 Å². The Hall–Kier alpha value is -2.00. The van der Waals surface area contributed by atoms with Gasteiger partial charge in [-0.05, 0) is 19.1 Å². The van der Waals surface area contributed by atoms with E-state index in [-0.39, 0.29) is 17.6 Å². The second-order valence-corrected chi connectivity index (χ2v) is 7.32. The Morgan fingerprint density at radius 1 is 1.45 bits per heavy atom. The predicted octanol–water partition coefficient (Wildman–Crippen LogP) is 1.10. The number of rotatable bonds is 6. The van der Waals surface area contributed by atoms with E-state index in [1.54, 1.807) is 13.1 Å². The molecule has 1 N–H and O–H groups in total. The van der Waals surface area contributed by atoms with Gasteiger partial charge >= 0.3 is 0 Å². The van der Waals surface area contributed by atoms with Crippen molar-refractivity contribution in [2.75, 3.05) is 25.2 Å². The largest absolute Gasteiger partial charge is 0.379 e. The molecule has 22 heavy (non-hydrogen) atoms.